The highest BCUT2D eigenvalue weighted by Gasteiger charge is 2.13. The predicted octanol–water partition coefficient (Wildman–Crippen LogP) is 2.08. The SMILES string of the molecule is CC(=O)C(C)c1ccccc1O. The maximum Gasteiger partial charge on any atom is 0.137 e. The molecule has 0 saturated carbocycles. The van der Waals surface area contributed by atoms with Crippen LogP contribution in [0.25, 0.3) is 0 Å². The largest absolute Gasteiger partial charge is 0.508 e. The van der Waals surface area contributed by atoms with Crippen molar-refractivity contribution in [3.63, 3.8) is 0 Å². The fraction of sp³-hybridized carbons (Fsp3) is 0.300. The van der Waals surface area contributed by atoms with Gasteiger partial charge in [-0.1, -0.05) is 25.1 Å². The van der Waals surface area contributed by atoms with Gasteiger partial charge >= 0.3 is 0 Å². The van der Waals surface area contributed by atoms with Crippen molar-refractivity contribution in [2.75, 3.05) is 0 Å². The van der Waals surface area contributed by atoms with Gasteiger partial charge in [-0.3, -0.25) is 4.79 Å². The lowest BCUT2D eigenvalue weighted by Crippen LogP contribution is -2.03. The first kappa shape index (κ1) is 8.78. The van der Waals surface area contributed by atoms with Crippen molar-refractivity contribution in [1.82, 2.24) is 0 Å². The topological polar surface area (TPSA) is 37.3 Å². The van der Waals surface area contributed by atoms with Crippen LogP contribution in [-0.4, -0.2) is 10.9 Å². The van der Waals surface area contributed by atoms with E-state index in [4.69, 9.17) is 0 Å². The van der Waals surface area contributed by atoms with E-state index in [-0.39, 0.29) is 17.5 Å². The summed E-state index contributed by atoms with van der Waals surface area (Å²) in [6.07, 6.45) is 0. The Labute approximate surface area is 71.8 Å². The van der Waals surface area contributed by atoms with E-state index < -0.39 is 0 Å². The van der Waals surface area contributed by atoms with Crippen molar-refractivity contribution in [3.05, 3.63) is 29.8 Å². The summed E-state index contributed by atoms with van der Waals surface area (Å²) in [4.78, 5) is 11.0. The van der Waals surface area contributed by atoms with Crippen molar-refractivity contribution in [2.45, 2.75) is 19.8 Å². The number of aromatic hydroxyl groups is 1. The molecule has 0 bridgehead atoms. The first-order valence-corrected chi connectivity index (χ1v) is 3.91. The summed E-state index contributed by atoms with van der Waals surface area (Å²) < 4.78 is 0. The first-order chi connectivity index (χ1) is 5.63. The van der Waals surface area contributed by atoms with E-state index in [0.29, 0.717) is 5.56 Å². The monoisotopic (exact) mass is 164 g/mol. The number of hydrogen-bond acceptors (Lipinski definition) is 2. The molecular formula is C10H12O2. The van der Waals surface area contributed by atoms with Gasteiger partial charge < -0.3 is 5.11 Å². The van der Waals surface area contributed by atoms with Crippen LogP contribution in [0.1, 0.15) is 25.3 Å². The van der Waals surface area contributed by atoms with Gasteiger partial charge in [-0.15, -0.1) is 0 Å². The molecule has 0 aliphatic rings. The average molecular weight is 164 g/mol. The molecule has 0 heterocycles. The van der Waals surface area contributed by atoms with Gasteiger partial charge in [0.15, 0.2) is 0 Å². The summed E-state index contributed by atoms with van der Waals surface area (Å²) in [7, 11) is 0. The predicted molar refractivity (Wildman–Crippen MR) is 47.2 cm³/mol. The molecule has 12 heavy (non-hydrogen) atoms. The zero-order valence-corrected chi connectivity index (χ0v) is 7.24. The van der Waals surface area contributed by atoms with E-state index >= 15 is 0 Å². The summed E-state index contributed by atoms with van der Waals surface area (Å²) in [6, 6.07) is 6.91. The van der Waals surface area contributed by atoms with Crippen LogP contribution in [0.3, 0.4) is 0 Å². The Morgan fingerprint density at radius 3 is 2.50 bits per heavy atom. The van der Waals surface area contributed by atoms with E-state index in [1.165, 1.54) is 6.92 Å². The van der Waals surface area contributed by atoms with Crippen molar-refractivity contribution in [2.24, 2.45) is 0 Å². The molecule has 2 nitrogen and oxygen atoms in total. The van der Waals surface area contributed by atoms with Crippen LogP contribution >= 0.6 is 0 Å². The number of phenolic OH excluding ortho intramolecular Hbond substituents is 1. The molecule has 0 aliphatic carbocycles. The number of carbonyl (C=O) groups excluding carboxylic acids is 1. The van der Waals surface area contributed by atoms with Crippen molar-refractivity contribution in [3.8, 4) is 5.75 Å². The number of hydrogen-bond donors (Lipinski definition) is 1. The molecule has 1 aromatic rings. The van der Waals surface area contributed by atoms with Crippen LogP contribution in [0.2, 0.25) is 0 Å². The van der Waals surface area contributed by atoms with Gasteiger partial charge in [-0.25, -0.2) is 0 Å². The third kappa shape index (κ3) is 1.64. The summed E-state index contributed by atoms with van der Waals surface area (Å²) in [5.41, 5.74) is 0.699. The van der Waals surface area contributed by atoms with E-state index in [0.717, 1.165) is 0 Å². The van der Waals surface area contributed by atoms with Crippen LogP contribution in [0.5, 0.6) is 5.75 Å². The van der Waals surface area contributed by atoms with Crippen molar-refractivity contribution >= 4 is 5.78 Å². The molecule has 0 aliphatic heterocycles. The lowest BCUT2D eigenvalue weighted by molar-refractivity contribution is -0.118. The number of para-hydroxylation sites is 1. The Balaban J connectivity index is 3.02. The highest BCUT2D eigenvalue weighted by molar-refractivity contribution is 5.83. The van der Waals surface area contributed by atoms with Gasteiger partial charge in [0.25, 0.3) is 0 Å². The Morgan fingerprint density at radius 1 is 1.42 bits per heavy atom. The second kappa shape index (κ2) is 3.39. The molecule has 0 radical (unpaired) electrons. The number of benzene rings is 1. The van der Waals surface area contributed by atoms with E-state index in [2.05, 4.69) is 0 Å². The number of rotatable bonds is 2. The smallest absolute Gasteiger partial charge is 0.137 e. The summed E-state index contributed by atoms with van der Waals surface area (Å²) in [5, 5.41) is 9.38. The summed E-state index contributed by atoms with van der Waals surface area (Å²) in [6.45, 7) is 3.31. The molecule has 64 valence electrons. The summed E-state index contributed by atoms with van der Waals surface area (Å²) in [5.74, 6) is 0.0444. The highest BCUT2D eigenvalue weighted by Crippen LogP contribution is 2.25. The van der Waals surface area contributed by atoms with Crippen molar-refractivity contribution < 1.29 is 9.90 Å². The van der Waals surface area contributed by atoms with Gasteiger partial charge in [0, 0.05) is 11.5 Å². The third-order valence-corrected chi connectivity index (χ3v) is 2.01. The Morgan fingerprint density at radius 2 is 2.00 bits per heavy atom. The fourth-order valence-electron chi connectivity index (χ4n) is 1.07. The third-order valence-electron chi connectivity index (χ3n) is 2.01. The lowest BCUT2D eigenvalue weighted by atomic mass is 9.97. The minimum atomic E-state index is -0.216. The number of Topliss-reactive ketones (excluding diaryl/α,β-unsaturated/α-hetero) is 1. The van der Waals surface area contributed by atoms with Gasteiger partial charge in [-0.2, -0.15) is 0 Å². The molecule has 1 N–H and O–H groups in total. The molecule has 1 rings (SSSR count). The normalized spacial score (nSPS) is 12.5. The molecule has 0 amide bonds. The Bertz CT molecular complexity index is 292. The van der Waals surface area contributed by atoms with E-state index in [1.54, 1.807) is 25.1 Å². The standard InChI is InChI=1S/C10H12O2/c1-7(8(2)11)9-5-3-4-6-10(9)12/h3-7,12H,1-2H3. The molecule has 2 heteroatoms. The van der Waals surface area contributed by atoms with Crippen LogP contribution in [0.15, 0.2) is 24.3 Å². The lowest BCUT2D eigenvalue weighted by Gasteiger charge is -2.08. The van der Waals surface area contributed by atoms with Crippen LogP contribution in [0, 0.1) is 0 Å². The van der Waals surface area contributed by atoms with E-state index in [9.17, 15) is 9.90 Å². The quantitative estimate of drug-likeness (QED) is 0.726. The van der Waals surface area contributed by atoms with Crippen LogP contribution in [-0.2, 0) is 4.79 Å². The molecule has 0 saturated heterocycles. The minimum Gasteiger partial charge on any atom is -0.508 e. The molecule has 0 fully saturated rings. The van der Waals surface area contributed by atoms with Gasteiger partial charge in [0.2, 0.25) is 0 Å². The van der Waals surface area contributed by atoms with Gasteiger partial charge in [-0.05, 0) is 13.0 Å². The molecule has 1 unspecified atom stereocenters. The fourth-order valence-corrected chi connectivity index (χ4v) is 1.07. The van der Waals surface area contributed by atoms with Gasteiger partial charge in [0.05, 0.1) is 0 Å². The molecular weight excluding hydrogens is 152 g/mol. The van der Waals surface area contributed by atoms with Gasteiger partial charge in [0.1, 0.15) is 11.5 Å². The molecule has 1 atom stereocenters. The van der Waals surface area contributed by atoms with E-state index in [1.807, 2.05) is 6.07 Å². The maximum atomic E-state index is 11.0. The second-order valence-corrected chi connectivity index (χ2v) is 2.89. The first-order valence-electron chi connectivity index (χ1n) is 3.91. The zero-order chi connectivity index (χ0) is 9.14. The van der Waals surface area contributed by atoms with Crippen molar-refractivity contribution in [1.29, 1.82) is 0 Å². The molecule has 1 aromatic carbocycles. The Hall–Kier alpha value is -1.31. The van der Waals surface area contributed by atoms with Crippen LogP contribution in [0.4, 0.5) is 0 Å². The highest BCUT2D eigenvalue weighted by atomic mass is 16.3. The molecule has 0 spiro atoms. The number of carbonyl (C=O) groups is 1. The van der Waals surface area contributed by atoms with Crippen LogP contribution < -0.4 is 0 Å². The summed E-state index contributed by atoms with van der Waals surface area (Å²) >= 11 is 0. The zero-order valence-electron chi connectivity index (χ0n) is 7.24. The Kier molecular flexibility index (Phi) is 2.48. The maximum absolute atomic E-state index is 11.0. The number of ketones is 1. The second-order valence-electron chi connectivity index (χ2n) is 2.89. The minimum absolute atomic E-state index is 0.0662. The number of phenols is 1. The molecule has 0 aromatic heterocycles. The average Bonchev–Trinajstić information content (AvgIpc) is 2.04.